The van der Waals surface area contributed by atoms with Gasteiger partial charge in [-0.1, -0.05) is 6.92 Å². The highest BCUT2D eigenvalue weighted by atomic mass is 16.6. The molecule has 2 rings (SSSR count). The standard InChI is InChI=1S/C17H33N3O3/c1-5-19-8-10-20(11-9-19)15-12-13(21)6-7-14(15)18-16(22)23-17(2,3)4/h13-15,21H,5-12H2,1-4H3,(H,18,22). The first-order valence-corrected chi connectivity index (χ1v) is 8.92. The predicted octanol–water partition coefficient (Wildman–Crippen LogP) is 1.43. The maximum absolute atomic E-state index is 12.1. The van der Waals surface area contributed by atoms with Gasteiger partial charge in [0, 0.05) is 38.3 Å². The number of hydrogen-bond acceptors (Lipinski definition) is 5. The molecule has 0 aromatic carbocycles. The van der Waals surface area contributed by atoms with E-state index in [1.165, 1.54) is 0 Å². The van der Waals surface area contributed by atoms with Crippen molar-refractivity contribution in [2.75, 3.05) is 32.7 Å². The van der Waals surface area contributed by atoms with Crippen LogP contribution in [-0.2, 0) is 4.74 Å². The lowest BCUT2D eigenvalue weighted by Crippen LogP contribution is -2.60. The molecule has 6 nitrogen and oxygen atoms in total. The average molecular weight is 327 g/mol. The minimum atomic E-state index is -0.486. The van der Waals surface area contributed by atoms with Crippen LogP contribution in [0.4, 0.5) is 4.79 Å². The number of carbonyl (C=O) groups is 1. The Balaban J connectivity index is 1.95. The van der Waals surface area contributed by atoms with Gasteiger partial charge in [-0.15, -0.1) is 0 Å². The minimum Gasteiger partial charge on any atom is -0.444 e. The zero-order valence-corrected chi connectivity index (χ0v) is 15.0. The third-order valence-electron chi connectivity index (χ3n) is 4.81. The number of likely N-dealkylation sites (N-methyl/N-ethyl adjacent to an activating group) is 1. The topological polar surface area (TPSA) is 65.0 Å². The summed E-state index contributed by atoms with van der Waals surface area (Å²) in [6, 6.07) is 0.256. The minimum absolute atomic E-state index is 0.0569. The zero-order valence-electron chi connectivity index (χ0n) is 15.0. The SMILES string of the molecule is CCN1CCN(C2CC(O)CCC2NC(=O)OC(C)(C)C)CC1. The van der Waals surface area contributed by atoms with E-state index in [0.29, 0.717) is 0 Å². The number of rotatable bonds is 3. The van der Waals surface area contributed by atoms with Crippen molar-refractivity contribution in [2.24, 2.45) is 0 Å². The third-order valence-corrected chi connectivity index (χ3v) is 4.81. The molecule has 23 heavy (non-hydrogen) atoms. The van der Waals surface area contributed by atoms with Crippen molar-refractivity contribution >= 4 is 6.09 Å². The van der Waals surface area contributed by atoms with Crippen LogP contribution in [0.25, 0.3) is 0 Å². The Kier molecular flexibility index (Phi) is 6.28. The van der Waals surface area contributed by atoms with E-state index >= 15 is 0 Å². The molecule has 6 heteroatoms. The van der Waals surface area contributed by atoms with Crippen molar-refractivity contribution in [3.05, 3.63) is 0 Å². The Morgan fingerprint density at radius 2 is 1.87 bits per heavy atom. The Bertz CT molecular complexity index is 389. The van der Waals surface area contributed by atoms with E-state index < -0.39 is 5.60 Å². The molecular weight excluding hydrogens is 294 g/mol. The summed E-state index contributed by atoms with van der Waals surface area (Å²) in [5, 5.41) is 13.1. The van der Waals surface area contributed by atoms with Crippen LogP contribution < -0.4 is 5.32 Å². The fraction of sp³-hybridized carbons (Fsp3) is 0.941. The number of nitrogens with one attached hydrogen (secondary N) is 1. The Hall–Kier alpha value is -0.850. The number of piperazine rings is 1. The highest BCUT2D eigenvalue weighted by Gasteiger charge is 2.36. The van der Waals surface area contributed by atoms with Gasteiger partial charge >= 0.3 is 6.09 Å². The maximum Gasteiger partial charge on any atom is 0.407 e. The second kappa shape index (κ2) is 7.81. The second-order valence-corrected chi connectivity index (χ2v) is 7.76. The predicted molar refractivity (Wildman–Crippen MR) is 90.5 cm³/mol. The molecule has 1 saturated carbocycles. The van der Waals surface area contributed by atoms with Gasteiger partial charge in [0.15, 0.2) is 0 Å². The van der Waals surface area contributed by atoms with E-state index in [0.717, 1.165) is 52.0 Å². The van der Waals surface area contributed by atoms with Gasteiger partial charge in [-0.25, -0.2) is 4.79 Å². The van der Waals surface area contributed by atoms with E-state index in [9.17, 15) is 9.90 Å². The monoisotopic (exact) mass is 327 g/mol. The van der Waals surface area contributed by atoms with Crippen LogP contribution in [0.5, 0.6) is 0 Å². The average Bonchev–Trinajstić information content (AvgIpc) is 2.47. The van der Waals surface area contributed by atoms with Gasteiger partial charge in [0.1, 0.15) is 5.60 Å². The smallest absolute Gasteiger partial charge is 0.407 e. The van der Waals surface area contributed by atoms with Crippen LogP contribution in [0.1, 0.15) is 47.0 Å². The molecule has 2 N–H and O–H groups in total. The second-order valence-electron chi connectivity index (χ2n) is 7.76. The molecule has 2 fully saturated rings. The van der Waals surface area contributed by atoms with Crippen LogP contribution in [0, 0.1) is 0 Å². The van der Waals surface area contributed by atoms with E-state index in [4.69, 9.17) is 4.74 Å². The molecular formula is C17H33N3O3. The van der Waals surface area contributed by atoms with Crippen LogP contribution in [0.3, 0.4) is 0 Å². The van der Waals surface area contributed by atoms with Gasteiger partial charge in [0.2, 0.25) is 0 Å². The molecule has 3 unspecified atom stereocenters. The van der Waals surface area contributed by atoms with Gasteiger partial charge in [-0.3, -0.25) is 4.90 Å². The van der Waals surface area contributed by atoms with E-state index in [1.807, 2.05) is 20.8 Å². The summed E-state index contributed by atoms with van der Waals surface area (Å²) in [6.07, 6.45) is 1.66. The molecule has 0 radical (unpaired) electrons. The molecule has 3 atom stereocenters. The molecule has 1 amide bonds. The first-order chi connectivity index (χ1) is 10.8. The Labute approximate surface area is 140 Å². The van der Waals surface area contributed by atoms with Crippen molar-refractivity contribution in [3.63, 3.8) is 0 Å². The number of amides is 1. The van der Waals surface area contributed by atoms with E-state index in [1.54, 1.807) is 0 Å². The Morgan fingerprint density at radius 3 is 2.43 bits per heavy atom. The van der Waals surface area contributed by atoms with Gasteiger partial charge < -0.3 is 20.1 Å². The number of nitrogens with zero attached hydrogens (tertiary/aromatic N) is 2. The van der Waals surface area contributed by atoms with Gasteiger partial charge in [0.25, 0.3) is 0 Å². The quantitative estimate of drug-likeness (QED) is 0.821. The fourth-order valence-electron chi connectivity index (χ4n) is 3.57. The molecule has 2 aliphatic rings. The van der Waals surface area contributed by atoms with Crippen molar-refractivity contribution in [1.29, 1.82) is 0 Å². The summed E-state index contributed by atoms with van der Waals surface area (Å²) >= 11 is 0. The van der Waals surface area contributed by atoms with Gasteiger partial charge in [0.05, 0.1) is 6.10 Å². The third kappa shape index (κ3) is 5.62. The zero-order chi connectivity index (χ0) is 17.0. The maximum atomic E-state index is 12.1. The lowest BCUT2D eigenvalue weighted by molar-refractivity contribution is 0.00832. The normalized spacial score (nSPS) is 30.9. The molecule has 134 valence electrons. The summed E-state index contributed by atoms with van der Waals surface area (Å²) < 4.78 is 5.40. The van der Waals surface area contributed by atoms with Crippen molar-refractivity contribution in [1.82, 2.24) is 15.1 Å². The number of alkyl carbamates (subject to hydrolysis) is 1. The highest BCUT2D eigenvalue weighted by Crippen LogP contribution is 2.25. The van der Waals surface area contributed by atoms with Crippen LogP contribution >= 0.6 is 0 Å². The summed E-state index contributed by atoms with van der Waals surface area (Å²) in [7, 11) is 0. The highest BCUT2D eigenvalue weighted by molar-refractivity contribution is 5.68. The number of hydrogen-bond donors (Lipinski definition) is 2. The van der Waals surface area contributed by atoms with Gasteiger partial charge in [-0.05, 0) is 46.6 Å². The largest absolute Gasteiger partial charge is 0.444 e. The molecule has 1 aliphatic heterocycles. The van der Waals surface area contributed by atoms with Gasteiger partial charge in [-0.2, -0.15) is 0 Å². The van der Waals surface area contributed by atoms with Crippen molar-refractivity contribution in [2.45, 2.75) is 70.7 Å². The van der Waals surface area contributed by atoms with Crippen molar-refractivity contribution < 1.29 is 14.6 Å². The van der Waals surface area contributed by atoms with Crippen molar-refractivity contribution in [3.8, 4) is 0 Å². The summed E-state index contributed by atoms with van der Waals surface area (Å²) in [4.78, 5) is 17.0. The molecule has 0 aromatic rings. The molecule has 0 aromatic heterocycles. The number of aliphatic hydroxyl groups excluding tert-OH is 1. The first kappa shape index (κ1) is 18.5. The lowest BCUT2D eigenvalue weighted by Gasteiger charge is -2.45. The van der Waals surface area contributed by atoms with Crippen LogP contribution in [0.2, 0.25) is 0 Å². The molecule has 1 saturated heterocycles. The Morgan fingerprint density at radius 1 is 1.22 bits per heavy atom. The summed E-state index contributed by atoms with van der Waals surface area (Å²) in [5.74, 6) is 0. The molecule has 1 aliphatic carbocycles. The first-order valence-electron chi connectivity index (χ1n) is 8.92. The lowest BCUT2D eigenvalue weighted by atomic mass is 9.87. The summed E-state index contributed by atoms with van der Waals surface area (Å²) in [6.45, 7) is 13.0. The van der Waals surface area contributed by atoms with Crippen LogP contribution in [-0.4, -0.2) is 77.5 Å². The number of carbonyl (C=O) groups excluding carboxylic acids is 1. The van der Waals surface area contributed by atoms with E-state index in [-0.39, 0.29) is 24.3 Å². The fourth-order valence-corrected chi connectivity index (χ4v) is 3.57. The molecule has 0 bridgehead atoms. The van der Waals surface area contributed by atoms with E-state index in [2.05, 4.69) is 22.0 Å². The number of aliphatic hydroxyl groups is 1. The molecule has 0 spiro atoms. The van der Waals surface area contributed by atoms with Crippen LogP contribution in [0.15, 0.2) is 0 Å². The summed E-state index contributed by atoms with van der Waals surface area (Å²) in [5.41, 5.74) is -0.486. The number of ether oxygens (including phenoxy) is 1. The molecule has 1 heterocycles.